The first-order chi connectivity index (χ1) is 8.34. The Kier molecular flexibility index (Phi) is 5.40. The normalized spacial score (nSPS) is 11.3. The summed E-state index contributed by atoms with van der Waals surface area (Å²) >= 11 is 11.5. The van der Waals surface area contributed by atoms with Crippen LogP contribution in [0.1, 0.15) is 18.9 Å². The predicted octanol–water partition coefficient (Wildman–Crippen LogP) is 2.28. The number of halogens is 2. The summed E-state index contributed by atoms with van der Waals surface area (Å²) < 4.78 is 23.2. The highest BCUT2D eigenvalue weighted by molar-refractivity contribution is 7.88. The lowest BCUT2D eigenvalue weighted by Gasteiger charge is -2.07. The van der Waals surface area contributed by atoms with Gasteiger partial charge in [-0.1, -0.05) is 36.2 Å². The van der Waals surface area contributed by atoms with E-state index in [4.69, 9.17) is 23.2 Å². The van der Waals surface area contributed by atoms with Crippen LogP contribution in [-0.2, 0) is 25.4 Å². The third-order valence-electron chi connectivity index (χ3n) is 1.93. The Balaban J connectivity index is 2.73. The van der Waals surface area contributed by atoms with E-state index in [-0.39, 0.29) is 11.4 Å². The van der Waals surface area contributed by atoms with E-state index in [1.807, 2.05) is 0 Å². The molecule has 1 rings (SSSR count). The fourth-order valence-electron chi connectivity index (χ4n) is 1.06. The summed E-state index contributed by atoms with van der Waals surface area (Å²) in [5.74, 6) is -1.07. The number of nitrogens with one attached hydrogen (secondary N) is 1. The Morgan fingerprint density at radius 3 is 2.61 bits per heavy atom. The molecule has 5 nitrogen and oxygen atoms in total. The van der Waals surface area contributed by atoms with E-state index in [0.29, 0.717) is 10.6 Å². The molecule has 0 radical (unpaired) electrons. The summed E-state index contributed by atoms with van der Waals surface area (Å²) in [6.45, 7) is 1.55. The quantitative estimate of drug-likeness (QED) is 0.847. The van der Waals surface area contributed by atoms with E-state index in [2.05, 4.69) is 4.84 Å². The summed E-state index contributed by atoms with van der Waals surface area (Å²) in [6, 6.07) is 4.45. The van der Waals surface area contributed by atoms with Gasteiger partial charge in [-0.3, -0.25) is 4.79 Å². The lowest BCUT2D eigenvalue weighted by Crippen LogP contribution is -2.28. The largest absolute Gasteiger partial charge is 0.356 e. The van der Waals surface area contributed by atoms with Crippen molar-refractivity contribution in [1.82, 2.24) is 4.89 Å². The van der Waals surface area contributed by atoms with Gasteiger partial charge in [-0.15, -0.1) is 0 Å². The van der Waals surface area contributed by atoms with Gasteiger partial charge in [0, 0.05) is 16.5 Å². The van der Waals surface area contributed by atoms with E-state index >= 15 is 0 Å². The molecular weight excluding hydrogens is 301 g/mol. The summed E-state index contributed by atoms with van der Waals surface area (Å²) in [6.07, 6.45) is 0.0736. The van der Waals surface area contributed by atoms with E-state index in [9.17, 15) is 13.2 Å². The topological polar surface area (TPSA) is 72.5 Å². The van der Waals surface area contributed by atoms with Crippen LogP contribution >= 0.6 is 23.2 Å². The van der Waals surface area contributed by atoms with Gasteiger partial charge < -0.3 is 4.84 Å². The van der Waals surface area contributed by atoms with Crippen molar-refractivity contribution in [2.45, 2.75) is 19.1 Å². The average Bonchev–Trinajstić information content (AvgIpc) is 2.30. The highest BCUT2D eigenvalue weighted by atomic mass is 35.5. The zero-order valence-corrected chi connectivity index (χ0v) is 11.8. The summed E-state index contributed by atoms with van der Waals surface area (Å²) in [7, 11) is -3.80. The molecule has 0 bridgehead atoms. The van der Waals surface area contributed by atoms with E-state index in [0.717, 1.165) is 0 Å². The van der Waals surface area contributed by atoms with Gasteiger partial charge in [0.2, 0.25) is 10.0 Å². The number of rotatable bonds is 5. The van der Waals surface area contributed by atoms with Crippen LogP contribution in [0.3, 0.4) is 0 Å². The van der Waals surface area contributed by atoms with Crippen molar-refractivity contribution in [3.8, 4) is 0 Å². The van der Waals surface area contributed by atoms with Crippen LogP contribution in [0.5, 0.6) is 0 Å². The monoisotopic (exact) mass is 311 g/mol. The first-order valence-electron chi connectivity index (χ1n) is 4.97. The second-order valence-corrected chi connectivity index (χ2v) is 5.93. The van der Waals surface area contributed by atoms with Crippen molar-refractivity contribution in [2.75, 3.05) is 0 Å². The number of benzene rings is 1. The number of carbonyl (C=O) groups is 1. The molecule has 0 heterocycles. The Morgan fingerprint density at radius 1 is 1.39 bits per heavy atom. The van der Waals surface area contributed by atoms with Gasteiger partial charge >= 0.3 is 5.97 Å². The molecule has 0 fully saturated rings. The lowest BCUT2D eigenvalue weighted by atomic mass is 10.2. The number of hydrogen-bond acceptors (Lipinski definition) is 4. The van der Waals surface area contributed by atoms with Crippen molar-refractivity contribution in [1.29, 1.82) is 0 Å². The molecule has 0 aliphatic heterocycles. The van der Waals surface area contributed by atoms with Crippen LogP contribution in [-0.4, -0.2) is 14.4 Å². The van der Waals surface area contributed by atoms with Gasteiger partial charge in [-0.25, -0.2) is 8.42 Å². The molecule has 0 spiro atoms. The standard InChI is InChI=1S/C10H11Cl2NO4S/c1-2-10(14)17-13-18(15,16)6-7-3-4-8(11)5-9(7)12/h3-5,13H,2,6H2,1H3. The van der Waals surface area contributed by atoms with Gasteiger partial charge in [0.25, 0.3) is 0 Å². The van der Waals surface area contributed by atoms with Crippen molar-refractivity contribution >= 4 is 39.2 Å². The first kappa shape index (κ1) is 15.2. The molecule has 8 heteroatoms. The zero-order chi connectivity index (χ0) is 13.8. The summed E-state index contributed by atoms with van der Waals surface area (Å²) in [4.78, 5) is 16.9. The zero-order valence-electron chi connectivity index (χ0n) is 9.44. The van der Waals surface area contributed by atoms with Gasteiger partial charge in [-0.05, 0) is 22.6 Å². The number of hydrogen-bond donors (Lipinski definition) is 1. The first-order valence-corrected chi connectivity index (χ1v) is 7.38. The lowest BCUT2D eigenvalue weighted by molar-refractivity contribution is -0.146. The second kappa shape index (κ2) is 6.38. The van der Waals surface area contributed by atoms with Gasteiger partial charge in [0.05, 0.1) is 5.75 Å². The van der Waals surface area contributed by atoms with Crippen molar-refractivity contribution in [3.05, 3.63) is 33.8 Å². The molecule has 1 aromatic carbocycles. The van der Waals surface area contributed by atoms with Crippen molar-refractivity contribution in [2.24, 2.45) is 0 Å². The van der Waals surface area contributed by atoms with Gasteiger partial charge in [0.15, 0.2) is 0 Å². The molecule has 0 amide bonds. The van der Waals surface area contributed by atoms with Crippen LogP contribution < -0.4 is 4.89 Å². The molecule has 0 saturated carbocycles. The van der Waals surface area contributed by atoms with Crippen molar-refractivity contribution in [3.63, 3.8) is 0 Å². The summed E-state index contributed by atoms with van der Waals surface area (Å²) in [5.41, 5.74) is 0.362. The minimum atomic E-state index is -3.80. The van der Waals surface area contributed by atoms with Crippen LogP contribution in [0.25, 0.3) is 0 Å². The maximum absolute atomic E-state index is 11.6. The molecule has 0 saturated heterocycles. The number of carbonyl (C=O) groups excluding carboxylic acids is 1. The van der Waals surface area contributed by atoms with Crippen LogP contribution in [0.2, 0.25) is 10.0 Å². The van der Waals surface area contributed by atoms with Crippen LogP contribution in [0, 0.1) is 0 Å². The average molecular weight is 312 g/mol. The third-order valence-corrected chi connectivity index (χ3v) is 3.55. The maximum atomic E-state index is 11.6. The van der Waals surface area contributed by atoms with E-state index < -0.39 is 21.7 Å². The minimum Gasteiger partial charge on any atom is -0.356 e. The molecule has 0 unspecified atom stereocenters. The highest BCUT2D eigenvalue weighted by Gasteiger charge is 2.16. The molecule has 1 aromatic rings. The molecular formula is C10H11Cl2NO4S. The molecule has 0 aromatic heterocycles. The van der Waals surface area contributed by atoms with Crippen molar-refractivity contribution < 1.29 is 18.0 Å². The maximum Gasteiger partial charge on any atom is 0.325 e. The summed E-state index contributed by atoms with van der Waals surface area (Å²) in [5, 5.41) is 0.640. The molecule has 0 aliphatic rings. The molecule has 0 aliphatic carbocycles. The molecule has 0 atom stereocenters. The SMILES string of the molecule is CCC(=O)ONS(=O)(=O)Cc1ccc(Cl)cc1Cl. The highest BCUT2D eigenvalue weighted by Crippen LogP contribution is 2.22. The Morgan fingerprint density at radius 2 is 2.06 bits per heavy atom. The van der Waals surface area contributed by atoms with E-state index in [1.54, 1.807) is 11.8 Å². The van der Waals surface area contributed by atoms with Crippen LogP contribution in [0.4, 0.5) is 0 Å². The van der Waals surface area contributed by atoms with Crippen LogP contribution in [0.15, 0.2) is 18.2 Å². The Hall–Kier alpha value is -0.820. The Labute approximate surface area is 115 Å². The van der Waals surface area contributed by atoms with Gasteiger partial charge in [-0.2, -0.15) is 0 Å². The molecule has 1 N–H and O–H groups in total. The number of sulfonamides is 1. The minimum absolute atomic E-state index is 0.0736. The Bertz CT molecular complexity index is 545. The second-order valence-electron chi connectivity index (χ2n) is 3.41. The fourth-order valence-corrected chi connectivity index (χ4v) is 2.55. The van der Waals surface area contributed by atoms with Gasteiger partial charge in [0.1, 0.15) is 0 Å². The third kappa shape index (κ3) is 4.81. The molecule has 100 valence electrons. The predicted molar refractivity (Wildman–Crippen MR) is 68.6 cm³/mol. The molecule has 18 heavy (non-hydrogen) atoms. The fraction of sp³-hybridized carbons (Fsp3) is 0.300. The van der Waals surface area contributed by atoms with E-state index in [1.165, 1.54) is 18.2 Å². The smallest absolute Gasteiger partial charge is 0.325 e.